The highest BCUT2D eigenvalue weighted by atomic mass is 16.5. The molecule has 4 fully saturated rings. The molecule has 64 heavy (non-hydrogen) atoms. The molecule has 10 rings (SSSR count). The van der Waals surface area contributed by atoms with Crippen LogP contribution in [0.1, 0.15) is 95.0 Å². The van der Waals surface area contributed by atoms with Gasteiger partial charge < -0.3 is 49.3 Å². The molecule has 0 saturated carbocycles. The molecule has 8 atom stereocenters. The Morgan fingerprint density at radius 2 is 1.66 bits per heavy atom. The van der Waals surface area contributed by atoms with Crippen LogP contribution in [0.15, 0.2) is 48.7 Å². The number of aromatic nitrogens is 4. The number of nitrogens with one attached hydrogen (secondary N) is 4. The van der Waals surface area contributed by atoms with E-state index in [4.69, 9.17) is 28.9 Å². The van der Waals surface area contributed by atoms with Crippen molar-refractivity contribution in [3.8, 4) is 28.1 Å². The predicted molar refractivity (Wildman–Crippen MR) is 237 cm³/mol. The zero-order chi connectivity index (χ0) is 44.4. The van der Waals surface area contributed by atoms with Gasteiger partial charge in [-0.15, -0.1) is 0 Å². The number of carbonyl (C=O) groups excluding carboxylic acids is 4. The molecule has 0 radical (unpaired) electrons. The Bertz CT molecular complexity index is 2640. The van der Waals surface area contributed by atoms with E-state index in [-0.39, 0.29) is 53.7 Å². The van der Waals surface area contributed by atoms with Crippen LogP contribution in [0.25, 0.3) is 44.2 Å². The topological polar surface area (TPSA) is 193 Å². The Labute approximate surface area is 371 Å². The monoisotopic (exact) mass is 872 g/mol. The van der Waals surface area contributed by atoms with Crippen molar-refractivity contribution in [3.63, 3.8) is 0 Å². The van der Waals surface area contributed by atoms with Gasteiger partial charge >= 0.3 is 12.2 Å². The van der Waals surface area contributed by atoms with Gasteiger partial charge in [0.25, 0.3) is 0 Å². The lowest BCUT2D eigenvalue weighted by Gasteiger charge is -2.36. The molecule has 336 valence electrons. The lowest BCUT2D eigenvalue weighted by atomic mass is 9.88. The number of aromatic amines is 2. The molecule has 4 amide bonds. The molecular formula is C48H56N8O8. The molecule has 8 unspecified atom stereocenters. The third-order valence-corrected chi connectivity index (χ3v) is 14.7. The predicted octanol–water partition coefficient (Wildman–Crippen LogP) is 7.30. The molecule has 5 aromatic rings. The first kappa shape index (κ1) is 41.8. The molecular weight excluding hydrogens is 817 g/mol. The summed E-state index contributed by atoms with van der Waals surface area (Å²) in [5.74, 6) is 2.20. The van der Waals surface area contributed by atoms with Crippen molar-refractivity contribution in [3.05, 3.63) is 65.9 Å². The number of carbonyl (C=O) groups is 4. The molecule has 4 N–H and O–H groups in total. The molecule has 0 spiro atoms. The fraction of sp³-hybridized carbons (Fsp3) is 0.500. The third kappa shape index (κ3) is 7.28. The van der Waals surface area contributed by atoms with Crippen molar-refractivity contribution in [1.29, 1.82) is 0 Å². The van der Waals surface area contributed by atoms with E-state index < -0.39 is 24.3 Å². The van der Waals surface area contributed by atoms with Gasteiger partial charge in [-0.3, -0.25) is 9.59 Å². The standard InChI is InChI=1S/C48H56N8O8/c1-24-18-25(2)40(53-47(59)61-4)45(57)56-36(24)12-13-37(56)43-49-22-35(51-43)29-7-9-31-30(19-29)23-64-39-21-32-28(20-33(31)39)8-10-34-42(32)52-44(50-34)38-11-6-26(3)55(38)46(58)41(54-48(60)62-5)27-14-16-63-17-15-27/h7-10,19-22,24-27,36-38,40-41H,6,11-18,23H2,1-5H3,(H,49,51)(H,50,52)(H,53,59)(H,54,60). The quantitative estimate of drug-likeness (QED) is 0.129. The minimum absolute atomic E-state index is 0.0310. The van der Waals surface area contributed by atoms with Gasteiger partial charge in [-0.1, -0.05) is 32.0 Å². The first-order valence-corrected chi connectivity index (χ1v) is 22.7. The van der Waals surface area contributed by atoms with Crippen LogP contribution in [-0.4, -0.2) is 105 Å². The SMILES string of the molecule is COC(=O)NC1C(=O)N2C(c3ncc(-c4ccc5c(c4)COc4cc6c(ccc7[nH]c(C8CCC(C)N8C(=O)C(NC(=O)OC)C8CCOCC8)nc76)cc4-5)[nH]3)CCC2C(C)CC1C. The number of fused-ring (bicyclic) bond motifs is 7. The van der Waals surface area contributed by atoms with Crippen LogP contribution in [0.5, 0.6) is 5.75 Å². The number of rotatable bonds is 7. The van der Waals surface area contributed by atoms with E-state index in [0.717, 1.165) is 99.3 Å². The fourth-order valence-electron chi connectivity index (χ4n) is 11.3. The number of nitrogens with zero attached hydrogens (tertiary/aromatic N) is 4. The van der Waals surface area contributed by atoms with E-state index in [9.17, 15) is 19.2 Å². The summed E-state index contributed by atoms with van der Waals surface area (Å²) in [6, 6.07) is 12.9. The van der Waals surface area contributed by atoms with Gasteiger partial charge in [0.15, 0.2) is 0 Å². The normalized spacial score (nSPS) is 26.1. The average Bonchev–Trinajstić information content (AvgIpc) is 4.14. The summed E-state index contributed by atoms with van der Waals surface area (Å²) in [7, 11) is 2.63. The number of hydrogen-bond acceptors (Lipinski definition) is 10. The second-order valence-corrected chi connectivity index (χ2v) is 18.5. The molecule has 2 aromatic heterocycles. The maximum atomic E-state index is 14.4. The van der Waals surface area contributed by atoms with Gasteiger partial charge in [-0.05, 0) is 116 Å². The first-order chi connectivity index (χ1) is 31.0. The molecule has 0 bridgehead atoms. The molecule has 0 aliphatic carbocycles. The van der Waals surface area contributed by atoms with Gasteiger partial charge in [-0.2, -0.15) is 0 Å². The highest BCUT2D eigenvalue weighted by Gasteiger charge is 2.48. The van der Waals surface area contributed by atoms with Crippen molar-refractivity contribution < 1.29 is 38.1 Å². The van der Waals surface area contributed by atoms with E-state index in [1.807, 2.05) is 29.0 Å². The van der Waals surface area contributed by atoms with Crippen molar-refractivity contribution in [2.75, 3.05) is 27.4 Å². The molecule has 5 aliphatic rings. The van der Waals surface area contributed by atoms with Crippen LogP contribution in [-0.2, 0) is 30.4 Å². The van der Waals surface area contributed by atoms with Crippen LogP contribution in [0.4, 0.5) is 9.59 Å². The Kier molecular flexibility index (Phi) is 11.0. The molecule has 7 heterocycles. The summed E-state index contributed by atoms with van der Waals surface area (Å²) >= 11 is 0. The second-order valence-electron chi connectivity index (χ2n) is 18.5. The second kappa shape index (κ2) is 16.8. The average molecular weight is 873 g/mol. The summed E-state index contributed by atoms with van der Waals surface area (Å²) in [6.07, 6.45) is 6.01. The van der Waals surface area contributed by atoms with Crippen LogP contribution in [0.2, 0.25) is 0 Å². The minimum Gasteiger partial charge on any atom is -0.488 e. The Morgan fingerprint density at radius 3 is 2.45 bits per heavy atom. The van der Waals surface area contributed by atoms with E-state index in [2.05, 4.69) is 70.8 Å². The number of H-pyrrole nitrogens is 2. The maximum Gasteiger partial charge on any atom is 0.407 e. The van der Waals surface area contributed by atoms with Gasteiger partial charge in [0, 0.05) is 36.2 Å². The van der Waals surface area contributed by atoms with Crippen LogP contribution < -0.4 is 15.4 Å². The number of alkyl carbamates (subject to hydrolysis) is 2. The molecule has 4 saturated heterocycles. The fourth-order valence-corrected chi connectivity index (χ4v) is 11.3. The summed E-state index contributed by atoms with van der Waals surface area (Å²) in [6.45, 7) is 7.74. The van der Waals surface area contributed by atoms with Crippen LogP contribution in [0, 0.1) is 17.8 Å². The summed E-state index contributed by atoms with van der Waals surface area (Å²) < 4.78 is 21.8. The number of benzene rings is 3. The minimum atomic E-state index is -0.721. The smallest absolute Gasteiger partial charge is 0.407 e. The van der Waals surface area contributed by atoms with E-state index in [1.54, 1.807) is 0 Å². The van der Waals surface area contributed by atoms with Crippen LogP contribution in [0.3, 0.4) is 0 Å². The van der Waals surface area contributed by atoms with Gasteiger partial charge in [0.1, 0.15) is 36.1 Å². The summed E-state index contributed by atoms with van der Waals surface area (Å²) in [5.41, 5.74) is 6.63. The number of ether oxygens (including phenoxy) is 4. The third-order valence-electron chi connectivity index (χ3n) is 14.7. The van der Waals surface area contributed by atoms with Gasteiger partial charge in [0.2, 0.25) is 11.8 Å². The van der Waals surface area contributed by atoms with Gasteiger partial charge in [0.05, 0.1) is 49.2 Å². The van der Waals surface area contributed by atoms with Crippen LogP contribution >= 0.6 is 0 Å². The van der Waals surface area contributed by atoms with Crippen molar-refractivity contribution in [1.82, 2.24) is 40.4 Å². The molecule has 3 aromatic carbocycles. The first-order valence-electron chi connectivity index (χ1n) is 22.7. The Morgan fingerprint density at radius 1 is 0.859 bits per heavy atom. The number of imidazole rings is 2. The highest BCUT2D eigenvalue weighted by Crippen LogP contribution is 2.46. The van der Waals surface area contributed by atoms with Crippen molar-refractivity contribution in [2.45, 2.75) is 109 Å². The lowest BCUT2D eigenvalue weighted by molar-refractivity contribution is -0.139. The number of amides is 4. The molecule has 16 heteroatoms. The largest absolute Gasteiger partial charge is 0.488 e. The Balaban J connectivity index is 0.904. The number of hydrogen-bond donors (Lipinski definition) is 4. The maximum absolute atomic E-state index is 14.4. The molecule has 5 aliphatic heterocycles. The van der Waals surface area contributed by atoms with Crippen molar-refractivity contribution >= 4 is 45.8 Å². The lowest BCUT2D eigenvalue weighted by Crippen LogP contribution is -2.54. The van der Waals surface area contributed by atoms with Crippen molar-refractivity contribution in [2.24, 2.45) is 17.8 Å². The van der Waals surface area contributed by atoms with E-state index >= 15 is 0 Å². The molecule has 16 nitrogen and oxygen atoms in total. The number of methoxy groups -OCH3 is 2. The number of likely N-dealkylation sites (tertiary alicyclic amines) is 1. The highest BCUT2D eigenvalue weighted by molar-refractivity contribution is 6.07. The van der Waals surface area contributed by atoms with Gasteiger partial charge in [-0.25, -0.2) is 19.6 Å². The van der Waals surface area contributed by atoms with E-state index in [1.165, 1.54) is 14.2 Å². The summed E-state index contributed by atoms with van der Waals surface area (Å²) in [4.78, 5) is 74.1. The summed E-state index contributed by atoms with van der Waals surface area (Å²) in [5, 5.41) is 7.63. The zero-order valence-electron chi connectivity index (χ0n) is 36.9. The van der Waals surface area contributed by atoms with E-state index in [0.29, 0.717) is 32.7 Å². The zero-order valence-corrected chi connectivity index (χ0v) is 36.9. The Hall–Kier alpha value is -6.16.